The lowest BCUT2D eigenvalue weighted by atomic mass is 9.58. The number of fused-ring (bicyclic) bond motifs is 1. The molecule has 0 aliphatic heterocycles. The normalized spacial score (nSPS) is 27.3. The van der Waals surface area contributed by atoms with Gasteiger partial charge in [-0.25, -0.2) is 4.98 Å². The Labute approximate surface area is 225 Å². The summed E-state index contributed by atoms with van der Waals surface area (Å²) in [6.45, 7) is 9.87. The standard InChI is InChI=1S/C31H40N6O/c1-19-11-24(12-19)32-17-21-13-26(35-27-25(21)9-10-30(27,3)4)28(38)34-23-8-6-7-22(14-23)31(15-20(2)16-31)29-36-33-18-37(29)5/h6-8,13-14,18-20,24,32H,9-12,15-17H2,1-5H3,(H,34,38). The molecule has 6 rings (SSSR count). The Hall–Kier alpha value is -3.06. The molecule has 0 saturated heterocycles. The zero-order chi connectivity index (χ0) is 26.7. The molecule has 0 spiro atoms. The van der Waals surface area contributed by atoms with Crippen LogP contribution in [0.1, 0.15) is 98.5 Å². The van der Waals surface area contributed by atoms with Crippen LogP contribution in [-0.2, 0) is 30.8 Å². The molecule has 0 radical (unpaired) electrons. The van der Waals surface area contributed by atoms with Crippen LogP contribution in [0.4, 0.5) is 5.69 Å². The Bertz CT molecular complexity index is 1360. The maximum absolute atomic E-state index is 13.6. The molecule has 1 amide bonds. The van der Waals surface area contributed by atoms with Gasteiger partial charge in [0.2, 0.25) is 0 Å². The fourth-order valence-corrected chi connectivity index (χ4v) is 7.10. The summed E-state index contributed by atoms with van der Waals surface area (Å²) in [5.41, 5.74) is 5.92. The van der Waals surface area contributed by atoms with Gasteiger partial charge in [0.15, 0.2) is 0 Å². The van der Waals surface area contributed by atoms with Crippen LogP contribution >= 0.6 is 0 Å². The summed E-state index contributed by atoms with van der Waals surface area (Å²) in [7, 11) is 2.00. The van der Waals surface area contributed by atoms with Gasteiger partial charge in [-0.1, -0.05) is 39.8 Å². The van der Waals surface area contributed by atoms with Crippen molar-refractivity contribution in [1.29, 1.82) is 0 Å². The first-order valence-electron chi connectivity index (χ1n) is 14.2. The Kier molecular flexibility index (Phi) is 6.17. The molecule has 3 aromatic rings. The van der Waals surface area contributed by atoms with Crippen LogP contribution in [0.3, 0.4) is 0 Å². The number of nitrogens with one attached hydrogen (secondary N) is 2. The van der Waals surface area contributed by atoms with E-state index in [1.54, 1.807) is 6.33 Å². The summed E-state index contributed by atoms with van der Waals surface area (Å²) in [4.78, 5) is 18.5. The highest BCUT2D eigenvalue weighted by atomic mass is 16.1. The highest BCUT2D eigenvalue weighted by Crippen LogP contribution is 2.51. The lowest BCUT2D eigenvalue weighted by molar-refractivity contribution is 0.102. The van der Waals surface area contributed by atoms with Gasteiger partial charge < -0.3 is 15.2 Å². The third-order valence-corrected chi connectivity index (χ3v) is 9.25. The predicted octanol–water partition coefficient (Wildman–Crippen LogP) is 5.29. The van der Waals surface area contributed by atoms with Crippen molar-refractivity contribution >= 4 is 11.6 Å². The smallest absolute Gasteiger partial charge is 0.274 e. The third-order valence-electron chi connectivity index (χ3n) is 9.25. The maximum atomic E-state index is 13.6. The van der Waals surface area contributed by atoms with E-state index < -0.39 is 0 Å². The van der Waals surface area contributed by atoms with E-state index in [9.17, 15) is 4.79 Å². The maximum Gasteiger partial charge on any atom is 0.274 e. The second-order valence-corrected chi connectivity index (χ2v) is 12.9. The number of aromatic nitrogens is 4. The Morgan fingerprint density at radius 3 is 2.61 bits per heavy atom. The van der Waals surface area contributed by atoms with Crippen LogP contribution in [0.2, 0.25) is 0 Å². The molecule has 3 aliphatic carbocycles. The number of hydrogen-bond acceptors (Lipinski definition) is 5. The van der Waals surface area contributed by atoms with E-state index in [0.29, 0.717) is 17.7 Å². The zero-order valence-corrected chi connectivity index (χ0v) is 23.3. The summed E-state index contributed by atoms with van der Waals surface area (Å²) in [5, 5.41) is 15.5. The highest BCUT2D eigenvalue weighted by molar-refractivity contribution is 6.03. The van der Waals surface area contributed by atoms with Crippen LogP contribution < -0.4 is 10.6 Å². The van der Waals surface area contributed by atoms with Crippen molar-refractivity contribution in [2.24, 2.45) is 18.9 Å². The van der Waals surface area contributed by atoms with Crippen molar-refractivity contribution in [1.82, 2.24) is 25.1 Å². The van der Waals surface area contributed by atoms with Crippen molar-refractivity contribution in [3.8, 4) is 0 Å². The largest absolute Gasteiger partial charge is 0.321 e. The van der Waals surface area contributed by atoms with E-state index in [2.05, 4.69) is 60.7 Å². The van der Waals surface area contributed by atoms with Crippen molar-refractivity contribution in [3.05, 3.63) is 70.6 Å². The van der Waals surface area contributed by atoms with E-state index in [1.165, 1.54) is 29.5 Å². The van der Waals surface area contributed by atoms with E-state index >= 15 is 0 Å². The van der Waals surface area contributed by atoms with Crippen LogP contribution in [0.5, 0.6) is 0 Å². The molecule has 7 heteroatoms. The number of pyridine rings is 1. The average molecular weight is 513 g/mol. The van der Waals surface area contributed by atoms with Gasteiger partial charge in [-0.15, -0.1) is 10.2 Å². The summed E-state index contributed by atoms with van der Waals surface area (Å²) in [6, 6.07) is 10.8. The molecule has 2 saturated carbocycles. The minimum atomic E-state index is -0.168. The minimum Gasteiger partial charge on any atom is -0.321 e. The van der Waals surface area contributed by atoms with Crippen LogP contribution in [0.15, 0.2) is 36.7 Å². The van der Waals surface area contributed by atoms with Gasteiger partial charge >= 0.3 is 0 Å². The topological polar surface area (TPSA) is 84.7 Å². The van der Waals surface area contributed by atoms with E-state index in [1.807, 2.05) is 29.8 Å². The Balaban J connectivity index is 1.27. The second-order valence-electron chi connectivity index (χ2n) is 12.9. The number of hydrogen-bond donors (Lipinski definition) is 2. The first-order chi connectivity index (χ1) is 18.1. The first-order valence-corrected chi connectivity index (χ1v) is 14.2. The molecule has 38 heavy (non-hydrogen) atoms. The van der Waals surface area contributed by atoms with Crippen molar-refractivity contribution < 1.29 is 4.79 Å². The Morgan fingerprint density at radius 1 is 1.13 bits per heavy atom. The number of rotatable bonds is 7. The van der Waals surface area contributed by atoms with Crippen molar-refractivity contribution in [2.75, 3.05) is 5.32 Å². The minimum absolute atomic E-state index is 0.0192. The number of carbonyl (C=O) groups is 1. The molecule has 7 nitrogen and oxygen atoms in total. The van der Waals surface area contributed by atoms with Crippen LogP contribution in [0.25, 0.3) is 0 Å². The quantitative estimate of drug-likeness (QED) is 0.449. The van der Waals surface area contributed by atoms with Crippen molar-refractivity contribution in [2.45, 2.75) is 89.6 Å². The SMILES string of the molecule is CC1CC(NCc2cc(C(=O)Nc3cccc(C4(c5nncn5C)CC(C)C4)c3)nc3c2CCC3(C)C)C1. The van der Waals surface area contributed by atoms with Crippen LogP contribution in [-0.4, -0.2) is 31.7 Å². The molecule has 1 aromatic carbocycles. The molecule has 0 atom stereocenters. The van der Waals surface area contributed by atoms with Crippen molar-refractivity contribution in [3.63, 3.8) is 0 Å². The molecule has 2 fully saturated rings. The molecule has 0 bridgehead atoms. The van der Waals surface area contributed by atoms with E-state index in [-0.39, 0.29) is 16.7 Å². The van der Waals surface area contributed by atoms with Gasteiger partial charge in [0.1, 0.15) is 17.8 Å². The number of benzene rings is 1. The number of aryl methyl sites for hydroxylation is 1. The van der Waals surface area contributed by atoms with Gasteiger partial charge in [-0.3, -0.25) is 4.79 Å². The molecule has 200 valence electrons. The molecular formula is C31H40N6O. The summed E-state index contributed by atoms with van der Waals surface area (Å²) < 4.78 is 2.02. The van der Waals surface area contributed by atoms with Gasteiger partial charge in [0.05, 0.1) is 11.1 Å². The Morgan fingerprint density at radius 2 is 1.92 bits per heavy atom. The second kappa shape index (κ2) is 9.30. The summed E-state index contributed by atoms with van der Waals surface area (Å²) in [6.07, 6.45) is 8.38. The van der Waals surface area contributed by atoms with E-state index in [0.717, 1.165) is 55.4 Å². The number of amides is 1. The highest BCUT2D eigenvalue weighted by Gasteiger charge is 2.48. The first kappa shape index (κ1) is 25.2. The number of nitrogens with zero attached hydrogens (tertiary/aromatic N) is 4. The molecule has 2 N–H and O–H groups in total. The average Bonchev–Trinajstić information content (AvgIpc) is 3.41. The molecule has 2 aromatic heterocycles. The third kappa shape index (κ3) is 4.35. The number of anilines is 1. The lowest BCUT2D eigenvalue weighted by Crippen LogP contribution is -2.43. The number of carbonyl (C=O) groups excluding carboxylic acids is 1. The monoisotopic (exact) mass is 512 g/mol. The van der Waals surface area contributed by atoms with Gasteiger partial charge in [0, 0.05) is 30.7 Å². The van der Waals surface area contributed by atoms with Gasteiger partial charge in [-0.2, -0.15) is 0 Å². The molecular weight excluding hydrogens is 472 g/mol. The van der Waals surface area contributed by atoms with Gasteiger partial charge in [0.25, 0.3) is 5.91 Å². The predicted molar refractivity (Wildman–Crippen MR) is 149 cm³/mol. The van der Waals surface area contributed by atoms with E-state index in [4.69, 9.17) is 4.98 Å². The molecule has 3 aliphatic rings. The van der Waals surface area contributed by atoms with Gasteiger partial charge in [-0.05, 0) is 85.3 Å². The fraction of sp³-hybridized carbons (Fsp3) is 0.548. The summed E-state index contributed by atoms with van der Waals surface area (Å²) >= 11 is 0. The van der Waals surface area contributed by atoms with Crippen LogP contribution in [0, 0.1) is 11.8 Å². The molecule has 2 heterocycles. The summed E-state index contributed by atoms with van der Waals surface area (Å²) in [5.74, 6) is 2.27. The molecule has 0 unspecified atom stereocenters. The fourth-order valence-electron chi connectivity index (χ4n) is 7.10. The zero-order valence-electron chi connectivity index (χ0n) is 23.3. The lowest BCUT2D eigenvalue weighted by Gasteiger charge is -2.46.